The molecule has 1 atom stereocenters. The van der Waals surface area contributed by atoms with E-state index in [0.717, 1.165) is 21.3 Å². The molecule has 0 heterocycles. The highest BCUT2D eigenvalue weighted by Gasteiger charge is 2.11. The van der Waals surface area contributed by atoms with E-state index >= 15 is 0 Å². The SMILES string of the molecule is CNc1ccc(C(N)c2ccccc2Br)cc1. The molecule has 0 aliphatic rings. The van der Waals surface area contributed by atoms with Crippen molar-refractivity contribution in [3.63, 3.8) is 0 Å². The fourth-order valence-corrected chi connectivity index (χ4v) is 2.30. The Morgan fingerprint density at radius 3 is 2.29 bits per heavy atom. The predicted molar refractivity (Wildman–Crippen MR) is 76.2 cm³/mol. The Bertz CT molecular complexity index is 494. The van der Waals surface area contributed by atoms with Gasteiger partial charge in [-0.3, -0.25) is 0 Å². The molecule has 88 valence electrons. The Morgan fingerprint density at radius 1 is 1.06 bits per heavy atom. The van der Waals surface area contributed by atoms with Crippen LogP contribution in [0, 0.1) is 0 Å². The first-order valence-electron chi connectivity index (χ1n) is 5.50. The zero-order valence-corrected chi connectivity index (χ0v) is 11.2. The molecule has 0 aliphatic heterocycles. The largest absolute Gasteiger partial charge is 0.388 e. The van der Waals surface area contributed by atoms with Crippen molar-refractivity contribution in [2.24, 2.45) is 5.73 Å². The third-order valence-electron chi connectivity index (χ3n) is 2.80. The third-order valence-corrected chi connectivity index (χ3v) is 3.52. The van der Waals surface area contributed by atoms with Crippen molar-refractivity contribution in [2.75, 3.05) is 12.4 Å². The average molecular weight is 291 g/mol. The van der Waals surface area contributed by atoms with Gasteiger partial charge in [-0.2, -0.15) is 0 Å². The van der Waals surface area contributed by atoms with Crippen molar-refractivity contribution >= 4 is 21.6 Å². The molecular formula is C14H15BrN2. The van der Waals surface area contributed by atoms with Gasteiger partial charge in [0, 0.05) is 17.2 Å². The van der Waals surface area contributed by atoms with Gasteiger partial charge in [0.05, 0.1) is 6.04 Å². The minimum Gasteiger partial charge on any atom is -0.388 e. The molecule has 0 spiro atoms. The lowest BCUT2D eigenvalue weighted by atomic mass is 9.99. The van der Waals surface area contributed by atoms with Gasteiger partial charge in [-0.1, -0.05) is 46.3 Å². The van der Waals surface area contributed by atoms with Crippen LogP contribution < -0.4 is 11.1 Å². The lowest BCUT2D eigenvalue weighted by Crippen LogP contribution is -2.12. The maximum Gasteiger partial charge on any atom is 0.0562 e. The van der Waals surface area contributed by atoms with Gasteiger partial charge >= 0.3 is 0 Å². The van der Waals surface area contributed by atoms with Crippen molar-refractivity contribution in [3.05, 3.63) is 64.1 Å². The minimum absolute atomic E-state index is 0.100. The smallest absolute Gasteiger partial charge is 0.0562 e. The maximum atomic E-state index is 6.26. The second kappa shape index (κ2) is 5.34. The Kier molecular flexibility index (Phi) is 3.82. The van der Waals surface area contributed by atoms with Crippen LogP contribution in [-0.2, 0) is 0 Å². The molecule has 0 radical (unpaired) electrons. The highest BCUT2D eigenvalue weighted by Crippen LogP contribution is 2.27. The first-order chi connectivity index (χ1) is 8.22. The lowest BCUT2D eigenvalue weighted by Gasteiger charge is -2.14. The highest BCUT2D eigenvalue weighted by atomic mass is 79.9. The summed E-state index contributed by atoms with van der Waals surface area (Å²) in [5, 5.41) is 3.09. The van der Waals surface area contributed by atoms with E-state index in [4.69, 9.17) is 5.73 Å². The molecule has 3 heteroatoms. The normalized spacial score (nSPS) is 12.2. The van der Waals surface area contributed by atoms with Crippen molar-refractivity contribution in [1.82, 2.24) is 0 Å². The summed E-state index contributed by atoms with van der Waals surface area (Å²) in [5.74, 6) is 0. The Morgan fingerprint density at radius 2 is 1.71 bits per heavy atom. The molecule has 17 heavy (non-hydrogen) atoms. The van der Waals surface area contributed by atoms with Gasteiger partial charge in [-0.05, 0) is 29.3 Å². The van der Waals surface area contributed by atoms with Gasteiger partial charge < -0.3 is 11.1 Å². The van der Waals surface area contributed by atoms with Crippen LogP contribution in [0.4, 0.5) is 5.69 Å². The van der Waals surface area contributed by atoms with Crippen molar-refractivity contribution in [2.45, 2.75) is 6.04 Å². The number of rotatable bonds is 3. The second-order valence-electron chi connectivity index (χ2n) is 3.87. The molecule has 3 N–H and O–H groups in total. The van der Waals surface area contributed by atoms with Crippen molar-refractivity contribution in [1.29, 1.82) is 0 Å². The molecule has 2 aromatic carbocycles. The summed E-state index contributed by atoms with van der Waals surface area (Å²) in [5.41, 5.74) is 9.56. The van der Waals surface area contributed by atoms with Gasteiger partial charge in [0.15, 0.2) is 0 Å². The van der Waals surface area contributed by atoms with Gasteiger partial charge in [-0.15, -0.1) is 0 Å². The fourth-order valence-electron chi connectivity index (χ4n) is 1.76. The van der Waals surface area contributed by atoms with E-state index in [1.54, 1.807) is 0 Å². The van der Waals surface area contributed by atoms with E-state index in [1.165, 1.54) is 0 Å². The summed E-state index contributed by atoms with van der Waals surface area (Å²) in [6, 6.07) is 16.1. The van der Waals surface area contributed by atoms with Crippen LogP contribution in [0.5, 0.6) is 0 Å². The van der Waals surface area contributed by atoms with Crippen molar-refractivity contribution < 1.29 is 0 Å². The summed E-state index contributed by atoms with van der Waals surface area (Å²) >= 11 is 3.53. The standard InChI is InChI=1S/C14H15BrN2/c1-17-11-8-6-10(7-9-11)14(16)12-4-2-3-5-13(12)15/h2-9,14,17H,16H2,1H3. The van der Waals surface area contributed by atoms with E-state index < -0.39 is 0 Å². The van der Waals surface area contributed by atoms with Crippen LogP contribution in [0.15, 0.2) is 53.0 Å². The lowest BCUT2D eigenvalue weighted by molar-refractivity contribution is 0.866. The summed E-state index contributed by atoms with van der Waals surface area (Å²) in [6.07, 6.45) is 0. The summed E-state index contributed by atoms with van der Waals surface area (Å²) < 4.78 is 1.05. The zero-order chi connectivity index (χ0) is 12.3. The fraction of sp³-hybridized carbons (Fsp3) is 0.143. The number of hydrogen-bond acceptors (Lipinski definition) is 2. The molecule has 0 saturated carbocycles. The summed E-state index contributed by atoms with van der Waals surface area (Å²) in [7, 11) is 1.91. The van der Waals surface area contributed by atoms with Crippen LogP contribution in [0.3, 0.4) is 0 Å². The number of nitrogens with two attached hydrogens (primary N) is 1. The van der Waals surface area contributed by atoms with Gasteiger partial charge in [0.25, 0.3) is 0 Å². The van der Waals surface area contributed by atoms with E-state index in [1.807, 2.05) is 43.4 Å². The first-order valence-corrected chi connectivity index (χ1v) is 6.29. The van der Waals surface area contributed by atoms with Gasteiger partial charge in [0.2, 0.25) is 0 Å². The van der Waals surface area contributed by atoms with E-state index in [9.17, 15) is 0 Å². The molecule has 2 aromatic rings. The number of hydrogen-bond donors (Lipinski definition) is 2. The molecule has 2 nitrogen and oxygen atoms in total. The molecule has 0 bridgehead atoms. The predicted octanol–water partition coefficient (Wildman–Crippen LogP) is 3.54. The van der Waals surface area contributed by atoms with Crippen LogP contribution in [0.2, 0.25) is 0 Å². The molecule has 2 rings (SSSR count). The Balaban J connectivity index is 2.30. The zero-order valence-electron chi connectivity index (χ0n) is 9.65. The van der Waals surface area contributed by atoms with Crippen molar-refractivity contribution in [3.8, 4) is 0 Å². The third kappa shape index (κ3) is 2.68. The first kappa shape index (κ1) is 12.1. The monoisotopic (exact) mass is 290 g/mol. The quantitative estimate of drug-likeness (QED) is 0.907. The maximum absolute atomic E-state index is 6.26. The van der Waals surface area contributed by atoms with Crippen LogP contribution in [0.25, 0.3) is 0 Å². The van der Waals surface area contributed by atoms with E-state index in [0.29, 0.717) is 0 Å². The molecular weight excluding hydrogens is 276 g/mol. The number of benzene rings is 2. The Labute approximate surface area is 110 Å². The van der Waals surface area contributed by atoms with Gasteiger partial charge in [0.1, 0.15) is 0 Å². The van der Waals surface area contributed by atoms with E-state index in [-0.39, 0.29) is 6.04 Å². The summed E-state index contributed by atoms with van der Waals surface area (Å²) in [4.78, 5) is 0. The van der Waals surface area contributed by atoms with Gasteiger partial charge in [-0.25, -0.2) is 0 Å². The minimum atomic E-state index is -0.100. The summed E-state index contributed by atoms with van der Waals surface area (Å²) in [6.45, 7) is 0. The second-order valence-corrected chi connectivity index (χ2v) is 4.73. The molecule has 0 aliphatic carbocycles. The average Bonchev–Trinajstić information content (AvgIpc) is 2.39. The number of anilines is 1. The topological polar surface area (TPSA) is 38.0 Å². The number of nitrogens with one attached hydrogen (secondary N) is 1. The highest BCUT2D eigenvalue weighted by molar-refractivity contribution is 9.10. The molecule has 0 saturated heterocycles. The molecule has 0 fully saturated rings. The molecule has 0 aromatic heterocycles. The molecule has 0 amide bonds. The van der Waals surface area contributed by atoms with Crippen LogP contribution in [0.1, 0.15) is 17.2 Å². The van der Waals surface area contributed by atoms with Crippen LogP contribution in [-0.4, -0.2) is 7.05 Å². The Hall–Kier alpha value is -1.32. The molecule has 1 unspecified atom stereocenters. The van der Waals surface area contributed by atoms with E-state index in [2.05, 4.69) is 33.4 Å². The van der Waals surface area contributed by atoms with Crippen LogP contribution >= 0.6 is 15.9 Å². The number of halogens is 1.